The van der Waals surface area contributed by atoms with Crippen LogP contribution < -0.4 is 14.2 Å². The van der Waals surface area contributed by atoms with Gasteiger partial charge in [-0.05, 0) is 73.4 Å². The summed E-state index contributed by atoms with van der Waals surface area (Å²) in [5.74, 6) is 4.16. The predicted molar refractivity (Wildman–Crippen MR) is 111 cm³/mol. The minimum absolute atomic E-state index is 0.0183. The van der Waals surface area contributed by atoms with E-state index in [-0.39, 0.29) is 6.10 Å². The first-order valence-electron chi connectivity index (χ1n) is 10.0. The second-order valence-electron chi connectivity index (χ2n) is 7.18. The van der Waals surface area contributed by atoms with Crippen molar-refractivity contribution in [3.8, 4) is 23.0 Å². The Kier molecular flexibility index (Phi) is 5.81. The molecule has 1 saturated carbocycles. The van der Waals surface area contributed by atoms with Crippen LogP contribution in [0, 0.1) is 5.92 Å². The van der Waals surface area contributed by atoms with Crippen molar-refractivity contribution in [2.45, 2.75) is 32.3 Å². The summed E-state index contributed by atoms with van der Waals surface area (Å²) in [5.41, 5.74) is 1.15. The van der Waals surface area contributed by atoms with Crippen molar-refractivity contribution in [1.29, 1.82) is 0 Å². The highest BCUT2D eigenvalue weighted by Gasteiger charge is 2.27. The van der Waals surface area contributed by atoms with Crippen molar-refractivity contribution in [2.75, 3.05) is 6.61 Å². The lowest BCUT2D eigenvalue weighted by atomic mass is 10.0. The molecule has 0 radical (unpaired) electrons. The van der Waals surface area contributed by atoms with Gasteiger partial charge in [-0.1, -0.05) is 43.2 Å². The SMILES string of the molecule is CCOc1ccc(OC(CC2CC2)c2cccc(Oc3ccccc3)c2)cc1. The van der Waals surface area contributed by atoms with Crippen LogP contribution in [0.3, 0.4) is 0 Å². The fourth-order valence-corrected chi connectivity index (χ4v) is 3.26. The summed E-state index contributed by atoms with van der Waals surface area (Å²) in [4.78, 5) is 0. The smallest absolute Gasteiger partial charge is 0.127 e. The standard InChI is InChI=1S/C25H26O3/c1-2-26-21-13-15-23(16-14-21)28-25(17-19-11-12-19)20-7-6-10-24(18-20)27-22-8-4-3-5-9-22/h3-10,13-16,18-19,25H,2,11-12,17H2,1H3. The first kappa shape index (κ1) is 18.4. The predicted octanol–water partition coefficient (Wildman–Crippen LogP) is 6.80. The monoisotopic (exact) mass is 374 g/mol. The fraction of sp³-hybridized carbons (Fsp3) is 0.280. The number of benzene rings is 3. The van der Waals surface area contributed by atoms with Crippen LogP contribution in [0.25, 0.3) is 0 Å². The molecule has 1 aliphatic rings. The molecule has 0 aliphatic heterocycles. The maximum absolute atomic E-state index is 6.38. The Balaban J connectivity index is 1.51. The van der Waals surface area contributed by atoms with E-state index in [4.69, 9.17) is 14.2 Å². The molecular formula is C25H26O3. The number of hydrogen-bond donors (Lipinski definition) is 0. The molecule has 0 N–H and O–H groups in total. The van der Waals surface area contributed by atoms with Crippen LogP contribution >= 0.6 is 0 Å². The molecule has 0 aromatic heterocycles. The summed E-state index contributed by atoms with van der Waals surface area (Å²) in [6.07, 6.45) is 3.64. The largest absolute Gasteiger partial charge is 0.494 e. The van der Waals surface area contributed by atoms with Gasteiger partial charge in [0.2, 0.25) is 0 Å². The minimum Gasteiger partial charge on any atom is -0.494 e. The Morgan fingerprint density at radius 3 is 2.21 bits per heavy atom. The van der Waals surface area contributed by atoms with Gasteiger partial charge in [-0.25, -0.2) is 0 Å². The van der Waals surface area contributed by atoms with Gasteiger partial charge in [0.15, 0.2) is 0 Å². The Labute approximate surface area is 166 Å². The van der Waals surface area contributed by atoms with Crippen LogP contribution in [0.1, 0.15) is 37.9 Å². The molecule has 1 aliphatic carbocycles. The number of para-hydroxylation sites is 1. The zero-order valence-electron chi connectivity index (χ0n) is 16.2. The third-order valence-electron chi connectivity index (χ3n) is 4.87. The molecule has 0 spiro atoms. The minimum atomic E-state index is 0.0183. The highest BCUT2D eigenvalue weighted by atomic mass is 16.5. The molecule has 3 aromatic carbocycles. The summed E-state index contributed by atoms with van der Waals surface area (Å²) >= 11 is 0. The molecule has 1 atom stereocenters. The van der Waals surface area contributed by atoms with E-state index < -0.39 is 0 Å². The second kappa shape index (κ2) is 8.83. The van der Waals surface area contributed by atoms with E-state index in [1.165, 1.54) is 12.8 Å². The maximum Gasteiger partial charge on any atom is 0.127 e. The zero-order valence-corrected chi connectivity index (χ0v) is 16.2. The van der Waals surface area contributed by atoms with Crippen LogP contribution in [0.5, 0.6) is 23.0 Å². The van der Waals surface area contributed by atoms with Gasteiger partial charge < -0.3 is 14.2 Å². The molecule has 1 fully saturated rings. The molecule has 0 heterocycles. The molecule has 0 amide bonds. The Morgan fingerprint density at radius 2 is 1.50 bits per heavy atom. The molecule has 3 aromatic rings. The molecule has 3 heteroatoms. The summed E-state index contributed by atoms with van der Waals surface area (Å²) < 4.78 is 17.9. The average molecular weight is 374 g/mol. The number of rotatable bonds is 9. The number of hydrogen-bond acceptors (Lipinski definition) is 3. The first-order chi connectivity index (χ1) is 13.8. The van der Waals surface area contributed by atoms with Crippen LogP contribution in [0.4, 0.5) is 0 Å². The highest BCUT2D eigenvalue weighted by Crippen LogP contribution is 2.40. The third kappa shape index (κ3) is 5.07. The Hall–Kier alpha value is -2.94. The van der Waals surface area contributed by atoms with Gasteiger partial charge in [-0.2, -0.15) is 0 Å². The second-order valence-corrected chi connectivity index (χ2v) is 7.18. The van der Waals surface area contributed by atoms with Crippen LogP contribution in [-0.2, 0) is 0 Å². The molecule has 144 valence electrons. The average Bonchev–Trinajstić information content (AvgIpc) is 3.54. The van der Waals surface area contributed by atoms with Crippen LogP contribution in [-0.4, -0.2) is 6.61 Å². The zero-order chi connectivity index (χ0) is 19.2. The summed E-state index contributed by atoms with van der Waals surface area (Å²) in [5, 5.41) is 0. The van der Waals surface area contributed by atoms with Gasteiger partial charge in [0.05, 0.1) is 6.61 Å². The van der Waals surface area contributed by atoms with Crippen molar-refractivity contribution >= 4 is 0 Å². The normalized spacial score (nSPS) is 14.3. The topological polar surface area (TPSA) is 27.7 Å². The lowest BCUT2D eigenvalue weighted by Crippen LogP contribution is -2.09. The quantitative estimate of drug-likeness (QED) is 0.412. The Bertz CT molecular complexity index is 870. The van der Waals surface area contributed by atoms with Crippen molar-refractivity contribution in [2.24, 2.45) is 5.92 Å². The molecule has 4 rings (SSSR count). The van der Waals surface area contributed by atoms with E-state index in [0.29, 0.717) is 6.61 Å². The van der Waals surface area contributed by atoms with E-state index in [1.807, 2.05) is 73.7 Å². The van der Waals surface area contributed by atoms with Gasteiger partial charge in [-0.15, -0.1) is 0 Å². The van der Waals surface area contributed by atoms with Gasteiger partial charge in [0.25, 0.3) is 0 Å². The van der Waals surface area contributed by atoms with Crippen molar-refractivity contribution < 1.29 is 14.2 Å². The van der Waals surface area contributed by atoms with Gasteiger partial charge >= 0.3 is 0 Å². The molecule has 0 saturated heterocycles. The third-order valence-corrected chi connectivity index (χ3v) is 4.87. The first-order valence-corrected chi connectivity index (χ1v) is 10.0. The molecule has 0 bridgehead atoms. The number of ether oxygens (including phenoxy) is 3. The summed E-state index contributed by atoms with van der Waals surface area (Å²) in [6.45, 7) is 2.65. The Morgan fingerprint density at radius 1 is 0.786 bits per heavy atom. The summed E-state index contributed by atoms with van der Waals surface area (Å²) in [6, 6.07) is 26.0. The van der Waals surface area contributed by atoms with E-state index in [2.05, 4.69) is 12.1 Å². The van der Waals surface area contributed by atoms with Crippen LogP contribution in [0.15, 0.2) is 78.9 Å². The van der Waals surface area contributed by atoms with E-state index in [9.17, 15) is 0 Å². The van der Waals surface area contributed by atoms with E-state index in [1.54, 1.807) is 0 Å². The summed E-state index contributed by atoms with van der Waals surface area (Å²) in [7, 11) is 0. The highest BCUT2D eigenvalue weighted by molar-refractivity contribution is 5.36. The van der Waals surface area contributed by atoms with Crippen molar-refractivity contribution in [3.05, 3.63) is 84.4 Å². The van der Waals surface area contributed by atoms with Gasteiger partial charge in [-0.3, -0.25) is 0 Å². The van der Waals surface area contributed by atoms with E-state index >= 15 is 0 Å². The molecular weight excluding hydrogens is 348 g/mol. The lowest BCUT2D eigenvalue weighted by Gasteiger charge is -2.20. The molecule has 1 unspecified atom stereocenters. The van der Waals surface area contributed by atoms with Gasteiger partial charge in [0.1, 0.15) is 29.1 Å². The van der Waals surface area contributed by atoms with Crippen molar-refractivity contribution in [1.82, 2.24) is 0 Å². The fourth-order valence-electron chi connectivity index (χ4n) is 3.26. The molecule has 28 heavy (non-hydrogen) atoms. The lowest BCUT2D eigenvalue weighted by molar-refractivity contribution is 0.187. The molecule has 3 nitrogen and oxygen atoms in total. The van der Waals surface area contributed by atoms with Crippen LogP contribution in [0.2, 0.25) is 0 Å². The maximum atomic E-state index is 6.38. The van der Waals surface area contributed by atoms with E-state index in [0.717, 1.165) is 40.9 Å². The van der Waals surface area contributed by atoms with Crippen molar-refractivity contribution in [3.63, 3.8) is 0 Å². The van der Waals surface area contributed by atoms with Gasteiger partial charge in [0, 0.05) is 0 Å².